The quantitative estimate of drug-likeness (QED) is 0.679. The molecule has 158 valence electrons. The summed E-state index contributed by atoms with van der Waals surface area (Å²) in [5, 5.41) is 6.23. The van der Waals surface area contributed by atoms with Crippen LogP contribution in [-0.4, -0.2) is 58.0 Å². The molecule has 2 saturated carbocycles. The summed E-state index contributed by atoms with van der Waals surface area (Å²) in [7, 11) is 0. The van der Waals surface area contributed by atoms with Gasteiger partial charge in [0, 0.05) is 18.1 Å². The van der Waals surface area contributed by atoms with Crippen LogP contribution in [0.1, 0.15) is 59.3 Å². The Kier molecular flexibility index (Phi) is 4.15. The maximum absolute atomic E-state index is 13.6. The first kappa shape index (κ1) is 19.1. The maximum Gasteiger partial charge on any atom is 0.246 e. The number of rotatable bonds is 5. The standard InChI is InChI=1S/C22H31N3O4/c1-12(2)25-17(19(27)24-13-6-4-5-7-13)22-11-10-21(3,29-22)15(16(22)20(25)28)18(26)23-14-8-9-14/h10-17H,4-9H2,1-3H3,(H,23,26)(H,24,27). The van der Waals surface area contributed by atoms with E-state index >= 15 is 0 Å². The fourth-order valence-corrected chi connectivity index (χ4v) is 5.99. The number of likely N-dealkylation sites (tertiary alicyclic amines) is 1. The van der Waals surface area contributed by atoms with Gasteiger partial charge in [0.1, 0.15) is 11.6 Å². The van der Waals surface area contributed by atoms with Crippen molar-refractivity contribution in [3.8, 4) is 0 Å². The zero-order valence-corrected chi connectivity index (χ0v) is 17.4. The summed E-state index contributed by atoms with van der Waals surface area (Å²) >= 11 is 0. The van der Waals surface area contributed by atoms with Crippen LogP contribution in [0.4, 0.5) is 0 Å². The molecule has 2 aliphatic carbocycles. The minimum Gasteiger partial charge on any atom is -0.356 e. The fraction of sp³-hybridized carbons (Fsp3) is 0.773. The average molecular weight is 402 g/mol. The van der Waals surface area contributed by atoms with E-state index in [1.54, 1.807) is 4.90 Å². The molecule has 0 aromatic rings. The lowest BCUT2D eigenvalue weighted by Crippen LogP contribution is -2.57. The van der Waals surface area contributed by atoms with Crippen molar-refractivity contribution < 1.29 is 19.1 Å². The molecule has 4 fully saturated rings. The lowest BCUT2D eigenvalue weighted by molar-refractivity contribution is -0.147. The first-order valence-corrected chi connectivity index (χ1v) is 11.1. The van der Waals surface area contributed by atoms with E-state index in [4.69, 9.17) is 4.74 Å². The zero-order valence-electron chi connectivity index (χ0n) is 17.4. The molecule has 0 radical (unpaired) electrons. The highest BCUT2D eigenvalue weighted by Crippen LogP contribution is 2.60. The Labute approximate surface area is 171 Å². The van der Waals surface area contributed by atoms with E-state index in [9.17, 15) is 14.4 Å². The highest BCUT2D eigenvalue weighted by Gasteiger charge is 2.76. The molecule has 7 heteroatoms. The molecule has 29 heavy (non-hydrogen) atoms. The van der Waals surface area contributed by atoms with Crippen LogP contribution in [0.25, 0.3) is 0 Å². The number of nitrogens with zero attached hydrogens (tertiary/aromatic N) is 1. The number of fused-ring (bicyclic) bond motifs is 1. The molecule has 0 aromatic heterocycles. The van der Waals surface area contributed by atoms with E-state index in [-0.39, 0.29) is 35.8 Å². The smallest absolute Gasteiger partial charge is 0.246 e. The monoisotopic (exact) mass is 401 g/mol. The first-order chi connectivity index (χ1) is 13.8. The van der Waals surface area contributed by atoms with Crippen LogP contribution in [0, 0.1) is 11.8 Å². The lowest BCUT2D eigenvalue weighted by Gasteiger charge is -2.35. The number of hydrogen-bond donors (Lipinski definition) is 2. The Balaban J connectivity index is 1.50. The second-order valence-corrected chi connectivity index (χ2v) is 9.94. The van der Waals surface area contributed by atoms with Gasteiger partial charge in [0.05, 0.1) is 17.4 Å². The van der Waals surface area contributed by atoms with Crippen molar-refractivity contribution in [2.24, 2.45) is 11.8 Å². The van der Waals surface area contributed by atoms with Gasteiger partial charge in [-0.1, -0.05) is 25.0 Å². The Bertz CT molecular complexity index is 785. The van der Waals surface area contributed by atoms with Gasteiger partial charge >= 0.3 is 0 Å². The number of hydrogen-bond acceptors (Lipinski definition) is 4. The van der Waals surface area contributed by atoms with Crippen molar-refractivity contribution in [2.45, 2.75) is 94.7 Å². The molecule has 7 nitrogen and oxygen atoms in total. The average Bonchev–Trinajstić information content (AvgIpc) is 3.01. The molecule has 3 aliphatic heterocycles. The van der Waals surface area contributed by atoms with Crippen LogP contribution in [0.2, 0.25) is 0 Å². The SMILES string of the molecule is CC(C)N1C(=O)C2C(C(=O)NC3CC3)C3(C)C=CC2(O3)C1C(=O)NC1CCCC1. The van der Waals surface area contributed by atoms with E-state index in [0.29, 0.717) is 0 Å². The van der Waals surface area contributed by atoms with Crippen LogP contribution in [0.5, 0.6) is 0 Å². The highest BCUT2D eigenvalue weighted by molar-refractivity contribution is 6.00. The molecule has 3 amide bonds. The van der Waals surface area contributed by atoms with E-state index in [1.807, 2.05) is 32.9 Å². The number of nitrogens with one attached hydrogen (secondary N) is 2. The third-order valence-electron chi connectivity index (χ3n) is 7.45. The van der Waals surface area contributed by atoms with Crippen LogP contribution >= 0.6 is 0 Å². The molecular weight excluding hydrogens is 370 g/mol. The van der Waals surface area contributed by atoms with Crippen LogP contribution < -0.4 is 10.6 Å². The molecule has 2 saturated heterocycles. The summed E-state index contributed by atoms with van der Waals surface area (Å²) in [4.78, 5) is 41.8. The van der Waals surface area contributed by atoms with E-state index in [0.717, 1.165) is 38.5 Å². The van der Waals surface area contributed by atoms with Gasteiger partial charge in [-0.15, -0.1) is 0 Å². The number of carbonyl (C=O) groups is 3. The fourth-order valence-electron chi connectivity index (χ4n) is 5.99. The molecule has 5 atom stereocenters. The Morgan fingerprint density at radius 2 is 1.69 bits per heavy atom. The van der Waals surface area contributed by atoms with Gasteiger partial charge in [0.15, 0.2) is 0 Å². The van der Waals surface area contributed by atoms with Gasteiger partial charge in [-0.25, -0.2) is 0 Å². The predicted octanol–water partition coefficient (Wildman–Crippen LogP) is 1.27. The third kappa shape index (κ3) is 2.69. The summed E-state index contributed by atoms with van der Waals surface area (Å²) in [6.07, 6.45) is 9.95. The number of carbonyl (C=O) groups excluding carboxylic acids is 3. The molecular formula is C22H31N3O4. The third-order valence-corrected chi connectivity index (χ3v) is 7.45. The minimum atomic E-state index is -1.07. The topological polar surface area (TPSA) is 87.7 Å². The predicted molar refractivity (Wildman–Crippen MR) is 106 cm³/mol. The Hall–Kier alpha value is -1.89. The van der Waals surface area contributed by atoms with E-state index in [2.05, 4.69) is 10.6 Å². The summed E-state index contributed by atoms with van der Waals surface area (Å²) in [5.74, 6) is -1.68. The Morgan fingerprint density at radius 3 is 2.31 bits per heavy atom. The first-order valence-electron chi connectivity index (χ1n) is 11.1. The van der Waals surface area contributed by atoms with Gasteiger partial charge < -0.3 is 20.3 Å². The van der Waals surface area contributed by atoms with Gasteiger partial charge in [0.2, 0.25) is 17.7 Å². The van der Waals surface area contributed by atoms with Crippen molar-refractivity contribution >= 4 is 17.7 Å². The zero-order chi connectivity index (χ0) is 20.6. The summed E-state index contributed by atoms with van der Waals surface area (Å²) < 4.78 is 6.46. The summed E-state index contributed by atoms with van der Waals surface area (Å²) in [5.41, 5.74) is -1.92. The normalized spacial score (nSPS) is 40.8. The van der Waals surface area contributed by atoms with Gasteiger partial charge in [-0.3, -0.25) is 14.4 Å². The maximum atomic E-state index is 13.6. The largest absolute Gasteiger partial charge is 0.356 e. The van der Waals surface area contributed by atoms with E-state index in [1.165, 1.54) is 0 Å². The number of amides is 3. The van der Waals surface area contributed by atoms with Gasteiger partial charge in [0.25, 0.3) is 0 Å². The second-order valence-electron chi connectivity index (χ2n) is 9.94. The summed E-state index contributed by atoms with van der Waals surface area (Å²) in [6.45, 7) is 5.71. The molecule has 1 spiro atoms. The van der Waals surface area contributed by atoms with Crippen LogP contribution in [0.15, 0.2) is 12.2 Å². The molecule has 0 aromatic carbocycles. The van der Waals surface area contributed by atoms with Crippen molar-refractivity contribution in [2.75, 3.05) is 0 Å². The molecule has 5 aliphatic rings. The molecule has 2 N–H and O–H groups in total. The minimum absolute atomic E-state index is 0.125. The van der Waals surface area contributed by atoms with Crippen molar-refractivity contribution in [1.82, 2.24) is 15.5 Å². The second kappa shape index (κ2) is 6.30. The van der Waals surface area contributed by atoms with Crippen LogP contribution in [0.3, 0.4) is 0 Å². The van der Waals surface area contributed by atoms with Crippen LogP contribution in [-0.2, 0) is 19.1 Å². The lowest BCUT2D eigenvalue weighted by atomic mass is 9.70. The van der Waals surface area contributed by atoms with Gasteiger partial charge in [-0.2, -0.15) is 0 Å². The van der Waals surface area contributed by atoms with Crippen molar-refractivity contribution in [1.29, 1.82) is 0 Å². The number of ether oxygens (including phenoxy) is 1. The molecule has 5 rings (SSSR count). The van der Waals surface area contributed by atoms with Gasteiger partial charge in [-0.05, 0) is 46.5 Å². The Morgan fingerprint density at radius 1 is 1.07 bits per heavy atom. The summed E-state index contributed by atoms with van der Waals surface area (Å²) in [6, 6.07) is -0.520. The van der Waals surface area contributed by atoms with Crippen molar-refractivity contribution in [3.63, 3.8) is 0 Å². The van der Waals surface area contributed by atoms with Crippen molar-refractivity contribution in [3.05, 3.63) is 12.2 Å². The highest BCUT2D eigenvalue weighted by atomic mass is 16.5. The molecule has 3 heterocycles. The van der Waals surface area contributed by atoms with E-state index < -0.39 is 29.1 Å². The molecule has 5 unspecified atom stereocenters. The molecule has 2 bridgehead atoms.